The third kappa shape index (κ3) is 1.36. The molecule has 16 heavy (non-hydrogen) atoms. The van der Waals surface area contributed by atoms with Crippen LogP contribution in [0.5, 0.6) is 5.75 Å². The Labute approximate surface area is 93.0 Å². The van der Waals surface area contributed by atoms with Gasteiger partial charge in [-0.25, -0.2) is 0 Å². The van der Waals surface area contributed by atoms with E-state index in [0.717, 1.165) is 0 Å². The second kappa shape index (κ2) is 2.95. The molecule has 0 amide bonds. The molecule has 5 nitrogen and oxygen atoms in total. The summed E-state index contributed by atoms with van der Waals surface area (Å²) in [6.07, 6.45) is 0.685. The lowest BCUT2D eigenvalue weighted by molar-refractivity contribution is -0.385. The number of nitrogens with zero attached hydrogens (tertiary/aromatic N) is 1. The van der Waals surface area contributed by atoms with Crippen LogP contribution in [-0.4, -0.2) is 10.0 Å². The summed E-state index contributed by atoms with van der Waals surface area (Å²) in [5.74, 6) is 0.00752. The topological polar surface area (TPSA) is 89.4 Å². The number of hydrogen-bond donors (Lipinski definition) is 2. The molecule has 0 radical (unpaired) electrons. The van der Waals surface area contributed by atoms with Crippen LogP contribution in [0.1, 0.15) is 25.8 Å². The monoisotopic (exact) mass is 222 g/mol. The number of benzene rings is 1. The van der Waals surface area contributed by atoms with Crippen molar-refractivity contribution >= 4 is 5.69 Å². The van der Waals surface area contributed by atoms with Crippen LogP contribution in [0.2, 0.25) is 0 Å². The van der Waals surface area contributed by atoms with Gasteiger partial charge in [0.2, 0.25) is 0 Å². The number of phenolic OH excluding ortho intramolecular Hbond substituents is 1. The molecule has 0 heterocycles. The van der Waals surface area contributed by atoms with Gasteiger partial charge in [-0.2, -0.15) is 0 Å². The number of aromatic hydroxyl groups is 1. The maximum Gasteiger partial charge on any atom is 0.274 e. The molecule has 5 heteroatoms. The first-order valence-corrected chi connectivity index (χ1v) is 5.05. The number of rotatable bonds is 2. The molecule has 1 aromatic rings. The Morgan fingerprint density at radius 1 is 1.50 bits per heavy atom. The van der Waals surface area contributed by atoms with Gasteiger partial charge in [0.05, 0.1) is 16.0 Å². The average molecular weight is 222 g/mol. The molecule has 1 aliphatic rings. The summed E-state index contributed by atoms with van der Waals surface area (Å²) in [5.41, 5.74) is 5.67. The van der Waals surface area contributed by atoms with Crippen molar-refractivity contribution in [2.45, 2.75) is 25.8 Å². The normalized spacial score (nSPS) is 26.4. The minimum atomic E-state index is -0.700. The van der Waals surface area contributed by atoms with E-state index in [4.69, 9.17) is 5.73 Å². The minimum absolute atomic E-state index is 0.00752. The molecule has 0 saturated heterocycles. The average Bonchev–Trinajstić information content (AvgIpc) is 2.66. The van der Waals surface area contributed by atoms with Crippen LogP contribution in [0.4, 0.5) is 5.69 Å². The van der Waals surface area contributed by atoms with Crippen LogP contribution >= 0.6 is 0 Å². The van der Waals surface area contributed by atoms with Crippen LogP contribution in [0, 0.1) is 15.5 Å². The Kier molecular flexibility index (Phi) is 2.00. The van der Waals surface area contributed by atoms with Gasteiger partial charge < -0.3 is 10.8 Å². The second-order valence-electron chi connectivity index (χ2n) is 4.99. The molecule has 2 rings (SSSR count). The fourth-order valence-electron chi connectivity index (χ4n) is 2.15. The van der Waals surface area contributed by atoms with E-state index >= 15 is 0 Å². The van der Waals surface area contributed by atoms with E-state index in [0.29, 0.717) is 12.0 Å². The van der Waals surface area contributed by atoms with Gasteiger partial charge in [-0.15, -0.1) is 0 Å². The van der Waals surface area contributed by atoms with Crippen molar-refractivity contribution in [2.24, 2.45) is 11.1 Å². The Bertz CT molecular complexity index is 470. The van der Waals surface area contributed by atoms with Crippen molar-refractivity contribution in [3.63, 3.8) is 0 Å². The van der Waals surface area contributed by atoms with Gasteiger partial charge in [-0.1, -0.05) is 13.8 Å². The van der Waals surface area contributed by atoms with Gasteiger partial charge in [0.1, 0.15) is 5.75 Å². The molecule has 0 aliphatic heterocycles. The molecule has 1 saturated carbocycles. The molecule has 0 aromatic heterocycles. The van der Waals surface area contributed by atoms with E-state index in [9.17, 15) is 15.2 Å². The summed E-state index contributed by atoms with van der Waals surface area (Å²) in [7, 11) is 0. The maximum absolute atomic E-state index is 10.9. The minimum Gasteiger partial charge on any atom is -0.508 e. The van der Waals surface area contributed by atoms with Crippen molar-refractivity contribution in [2.75, 3.05) is 0 Å². The summed E-state index contributed by atoms with van der Waals surface area (Å²) in [5, 5.41) is 20.3. The van der Waals surface area contributed by atoms with Gasteiger partial charge in [-0.05, 0) is 24.0 Å². The lowest BCUT2D eigenvalue weighted by atomic mass is 9.95. The Morgan fingerprint density at radius 3 is 2.50 bits per heavy atom. The van der Waals surface area contributed by atoms with Gasteiger partial charge in [0, 0.05) is 6.07 Å². The van der Waals surface area contributed by atoms with E-state index in [1.54, 1.807) is 0 Å². The fourth-order valence-corrected chi connectivity index (χ4v) is 2.15. The summed E-state index contributed by atoms with van der Waals surface area (Å²) >= 11 is 0. The Morgan fingerprint density at radius 2 is 2.06 bits per heavy atom. The highest BCUT2D eigenvalue weighted by Gasteiger charge is 2.61. The Hall–Kier alpha value is -1.62. The second-order valence-corrected chi connectivity index (χ2v) is 4.99. The predicted octanol–water partition coefficient (Wildman–Crippen LogP) is 1.88. The number of nitro benzene ring substituents is 1. The highest BCUT2D eigenvalue weighted by molar-refractivity contribution is 5.52. The molecule has 1 aliphatic carbocycles. The van der Waals surface area contributed by atoms with Crippen LogP contribution in [0.15, 0.2) is 18.2 Å². The molecule has 3 N–H and O–H groups in total. The zero-order valence-electron chi connectivity index (χ0n) is 9.23. The van der Waals surface area contributed by atoms with E-state index in [2.05, 4.69) is 0 Å². The number of nitrogens with two attached hydrogens (primary N) is 1. The maximum atomic E-state index is 10.9. The van der Waals surface area contributed by atoms with Crippen LogP contribution in [-0.2, 0) is 5.54 Å². The van der Waals surface area contributed by atoms with Crippen molar-refractivity contribution in [3.05, 3.63) is 33.9 Å². The first-order chi connectivity index (χ1) is 7.28. The third-order valence-corrected chi connectivity index (χ3v) is 3.46. The predicted molar refractivity (Wildman–Crippen MR) is 59.0 cm³/mol. The summed E-state index contributed by atoms with van der Waals surface area (Å²) in [6.45, 7) is 3.92. The molecule has 1 atom stereocenters. The summed E-state index contributed by atoms with van der Waals surface area (Å²) < 4.78 is 0. The molecule has 0 bridgehead atoms. The molecule has 1 fully saturated rings. The van der Waals surface area contributed by atoms with Gasteiger partial charge in [-0.3, -0.25) is 10.1 Å². The molecule has 0 spiro atoms. The lowest BCUT2D eigenvalue weighted by Gasteiger charge is -2.15. The van der Waals surface area contributed by atoms with Crippen molar-refractivity contribution in [1.82, 2.24) is 0 Å². The number of nitro groups is 1. The van der Waals surface area contributed by atoms with E-state index < -0.39 is 10.5 Å². The first kappa shape index (κ1) is 10.9. The van der Waals surface area contributed by atoms with E-state index in [1.165, 1.54) is 18.2 Å². The van der Waals surface area contributed by atoms with Crippen LogP contribution in [0.3, 0.4) is 0 Å². The molecular formula is C11H14N2O3. The smallest absolute Gasteiger partial charge is 0.274 e. The van der Waals surface area contributed by atoms with Crippen LogP contribution in [0.25, 0.3) is 0 Å². The lowest BCUT2D eigenvalue weighted by Crippen LogP contribution is -2.26. The van der Waals surface area contributed by atoms with E-state index in [-0.39, 0.29) is 16.9 Å². The zero-order valence-corrected chi connectivity index (χ0v) is 9.23. The molecular weight excluding hydrogens is 208 g/mol. The molecule has 1 unspecified atom stereocenters. The SMILES string of the molecule is CC1(C)CC1(N)c1cc(O)ccc1[N+](=O)[O-]. The molecule has 1 aromatic carbocycles. The van der Waals surface area contributed by atoms with Gasteiger partial charge in [0.15, 0.2) is 0 Å². The first-order valence-electron chi connectivity index (χ1n) is 5.05. The summed E-state index contributed by atoms with van der Waals surface area (Å²) in [6, 6.07) is 4.00. The van der Waals surface area contributed by atoms with Crippen LogP contribution < -0.4 is 5.73 Å². The molecule has 86 valence electrons. The van der Waals surface area contributed by atoms with Crippen molar-refractivity contribution in [3.8, 4) is 5.75 Å². The third-order valence-electron chi connectivity index (χ3n) is 3.46. The van der Waals surface area contributed by atoms with Crippen molar-refractivity contribution < 1.29 is 10.0 Å². The van der Waals surface area contributed by atoms with Crippen molar-refractivity contribution in [1.29, 1.82) is 0 Å². The standard InChI is InChI=1S/C11H14N2O3/c1-10(2)6-11(10,12)8-5-7(14)3-4-9(8)13(15)16/h3-5,14H,6,12H2,1-2H3. The zero-order chi connectivity index (χ0) is 12.1. The van der Waals surface area contributed by atoms with Gasteiger partial charge >= 0.3 is 0 Å². The fraction of sp³-hybridized carbons (Fsp3) is 0.455. The summed E-state index contributed by atoms with van der Waals surface area (Å²) in [4.78, 5) is 10.4. The van der Waals surface area contributed by atoms with E-state index in [1.807, 2.05) is 13.8 Å². The highest BCUT2D eigenvalue weighted by atomic mass is 16.6. The van der Waals surface area contributed by atoms with Gasteiger partial charge in [0.25, 0.3) is 5.69 Å². The Balaban J connectivity index is 2.56. The highest BCUT2D eigenvalue weighted by Crippen LogP contribution is 2.62. The largest absolute Gasteiger partial charge is 0.508 e. The number of phenols is 1. The quantitative estimate of drug-likeness (QED) is 0.590. The number of hydrogen-bond acceptors (Lipinski definition) is 4.